The third-order valence-corrected chi connectivity index (χ3v) is 15.3. The van der Waals surface area contributed by atoms with Gasteiger partial charge in [0.15, 0.2) is 11.2 Å². The molecular weight excluding hydrogens is 865 g/mol. The minimum atomic E-state index is -0.289. The molecule has 0 spiro atoms. The number of anilines is 6. The molecule has 0 amide bonds. The van der Waals surface area contributed by atoms with E-state index in [2.05, 4.69) is 242 Å². The molecule has 1 aliphatic rings. The third-order valence-electron chi connectivity index (χ3n) is 15.3. The number of furan rings is 2. The van der Waals surface area contributed by atoms with Gasteiger partial charge in [0.25, 0.3) is 0 Å². The van der Waals surface area contributed by atoms with E-state index >= 15 is 0 Å². The fraction of sp³-hybridized carbons (Fsp3) is 0.0448. The van der Waals surface area contributed by atoms with Gasteiger partial charge < -0.3 is 18.6 Å². The third kappa shape index (κ3) is 5.92. The van der Waals surface area contributed by atoms with Crippen molar-refractivity contribution in [3.8, 4) is 11.1 Å². The second-order valence-corrected chi connectivity index (χ2v) is 19.6. The Labute approximate surface area is 409 Å². The van der Waals surface area contributed by atoms with Gasteiger partial charge in [-0.05, 0) is 138 Å². The van der Waals surface area contributed by atoms with E-state index in [-0.39, 0.29) is 5.41 Å². The molecule has 4 heteroatoms. The van der Waals surface area contributed by atoms with Crippen molar-refractivity contribution in [3.05, 3.63) is 242 Å². The largest absolute Gasteiger partial charge is 0.454 e. The van der Waals surface area contributed by atoms with E-state index < -0.39 is 0 Å². The molecule has 0 saturated carbocycles. The highest BCUT2D eigenvalue weighted by molar-refractivity contribution is 6.13. The number of benzene rings is 12. The SMILES string of the molecule is CC1(C)c2c(ccc3cc(N(c4ccc5ccccc5c4)c4cccc5c4oc4ccccc45)ccc23)-c2ccc3cc(N(c4ccc5ccccc5c4)c4cccc5c4oc4ccccc45)ccc3c21. The summed E-state index contributed by atoms with van der Waals surface area (Å²) in [6, 6.07) is 83.7. The molecule has 14 aromatic rings. The number of rotatable bonds is 6. The van der Waals surface area contributed by atoms with Crippen molar-refractivity contribution in [1.82, 2.24) is 0 Å². The fourth-order valence-electron chi connectivity index (χ4n) is 12.1. The van der Waals surface area contributed by atoms with E-state index in [0.717, 1.165) is 78.0 Å². The lowest BCUT2D eigenvalue weighted by Crippen LogP contribution is -2.16. The van der Waals surface area contributed by atoms with Gasteiger partial charge in [0.2, 0.25) is 0 Å². The smallest absolute Gasteiger partial charge is 0.159 e. The summed E-state index contributed by atoms with van der Waals surface area (Å²) in [6.07, 6.45) is 0. The molecule has 334 valence electrons. The molecule has 0 saturated heterocycles. The van der Waals surface area contributed by atoms with Crippen LogP contribution in [-0.2, 0) is 5.41 Å². The minimum absolute atomic E-state index is 0.289. The summed E-state index contributed by atoms with van der Waals surface area (Å²) >= 11 is 0. The zero-order valence-corrected chi connectivity index (χ0v) is 39.2. The fourth-order valence-corrected chi connectivity index (χ4v) is 12.1. The van der Waals surface area contributed by atoms with Gasteiger partial charge in [0.05, 0.1) is 11.4 Å². The van der Waals surface area contributed by atoms with E-state index in [1.54, 1.807) is 0 Å². The number of nitrogens with zero attached hydrogens (tertiary/aromatic N) is 2. The molecule has 0 aliphatic heterocycles. The van der Waals surface area contributed by atoms with Crippen LogP contribution in [0.15, 0.2) is 239 Å². The zero-order valence-electron chi connectivity index (χ0n) is 39.2. The van der Waals surface area contributed by atoms with E-state index in [1.165, 1.54) is 65.3 Å². The number of hydrogen-bond donors (Lipinski definition) is 0. The van der Waals surface area contributed by atoms with Crippen molar-refractivity contribution < 1.29 is 8.83 Å². The molecular formula is C67H44N2O2. The van der Waals surface area contributed by atoms with Crippen LogP contribution in [0.4, 0.5) is 34.1 Å². The predicted octanol–water partition coefficient (Wildman–Crippen LogP) is 19.3. The van der Waals surface area contributed by atoms with Gasteiger partial charge >= 0.3 is 0 Å². The summed E-state index contributed by atoms with van der Waals surface area (Å²) in [5, 5.41) is 14.2. The Morgan fingerprint density at radius 3 is 1.13 bits per heavy atom. The molecule has 12 aromatic carbocycles. The van der Waals surface area contributed by atoms with Crippen LogP contribution in [0.5, 0.6) is 0 Å². The van der Waals surface area contributed by atoms with E-state index in [9.17, 15) is 0 Å². The molecule has 0 bridgehead atoms. The minimum Gasteiger partial charge on any atom is -0.454 e. The standard InChI is InChI=1S/C67H44N2O2/c1-67(2)63-51-35-31-49(68(47-29-25-41-13-3-5-15-43(41)37-47)59-21-11-19-57-53-17-7-9-23-61(53)70-65(57)59)39-45(51)27-33-55(63)56-34-28-46-40-50(32-36-52(46)64(56)67)69(48-30-26-42-14-4-6-16-44(42)38-48)60-22-12-20-58-54-18-8-10-24-62(54)71-66(58)60/h3-40H,1-2H3. The van der Waals surface area contributed by atoms with Crippen LogP contribution in [-0.4, -0.2) is 0 Å². The Hall–Kier alpha value is -9.12. The molecule has 2 aromatic heterocycles. The second kappa shape index (κ2) is 14.9. The van der Waals surface area contributed by atoms with Gasteiger partial charge in [0.1, 0.15) is 11.2 Å². The maximum absolute atomic E-state index is 6.70. The summed E-state index contributed by atoms with van der Waals surface area (Å²) < 4.78 is 13.4. The first-order valence-electron chi connectivity index (χ1n) is 24.5. The molecule has 0 N–H and O–H groups in total. The molecule has 0 unspecified atom stereocenters. The van der Waals surface area contributed by atoms with Crippen molar-refractivity contribution in [2.75, 3.05) is 9.80 Å². The lowest BCUT2D eigenvalue weighted by molar-refractivity contribution is 0.668. The molecule has 0 atom stereocenters. The van der Waals surface area contributed by atoms with Crippen LogP contribution in [0.25, 0.3) is 98.1 Å². The number of hydrogen-bond acceptors (Lipinski definition) is 4. The Morgan fingerprint density at radius 1 is 0.296 bits per heavy atom. The highest BCUT2D eigenvalue weighted by atomic mass is 16.3. The maximum Gasteiger partial charge on any atom is 0.159 e. The van der Waals surface area contributed by atoms with Gasteiger partial charge in [-0.3, -0.25) is 0 Å². The Morgan fingerprint density at radius 2 is 0.662 bits per heavy atom. The quantitative estimate of drug-likeness (QED) is 0.166. The Kier molecular flexibility index (Phi) is 8.38. The van der Waals surface area contributed by atoms with Crippen LogP contribution in [0.2, 0.25) is 0 Å². The number of fused-ring (bicyclic) bond motifs is 15. The Bertz CT molecular complexity index is 4250. The lowest BCUT2D eigenvalue weighted by atomic mass is 9.78. The van der Waals surface area contributed by atoms with Gasteiger partial charge in [0, 0.05) is 49.7 Å². The van der Waals surface area contributed by atoms with E-state index in [4.69, 9.17) is 8.83 Å². The summed E-state index contributed by atoms with van der Waals surface area (Å²) in [5.41, 5.74) is 14.8. The molecule has 71 heavy (non-hydrogen) atoms. The number of para-hydroxylation sites is 4. The van der Waals surface area contributed by atoms with Gasteiger partial charge in [-0.2, -0.15) is 0 Å². The van der Waals surface area contributed by atoms with Crippen molar-refractivity contribution in [2.45, 2.75) is 19.3 Å². The van der Waals surface area contributed by atoms with E-state index in [1.807, 2.05) is 12.1 Å². The first-order valence-corrected chi connectivity index (χ1v) is 24.5. The molecule has 1 aliphatic carbocycles. The summed E-state index contributed by atoms with van der Waals surface area (Å²) in [6.45, 7) is 4.82. The first-order chi connectivity index (χ1) is 34.9. The highest BCUT2D eigenvalue weighted by Crippen LogP contribution is 2.55. The highest BCUT2D eigenvalue weighted by Gasteiger charge is 2.38. The normalized spacial score (nSPS) is 13.0. The van der Waals surface area contributed by atoms with Crippen molar-refractivity contribution in [1.29, 1.82) is 0 Å². The first kappa shape index (κ1) is 39.8. The predicted molar refractivity (Wildman–Crippen MR) is 298 cm³/mol. The Balaban J connectivity index is 0.870. The molecule has 2 heterocycles. The second-order valence-electron chi connectivity index (χ2n) is 19.6. The summed E-state index contributed by atoms with van der Waals surface area (Å²) in [7, 11) is 0. The zero-order chi connectivity index (χ0) is 47.0. The van der Waals surface area contributed by atoms with Gasteiger partial charge in [-0.25, -0.2) is 0 Å². The van der Waals surface area contributed by atoms with Crippen LogP contribution < -0.4 is 9.80 Å². The maximum atomic E-state index is 6.70. The van der Waals surface area contributed by atoms with Crippen LogP contribution in [0, 0.1) is 0 Å². The lowest BCUT2D eigenvalue weighted by Gasteiger charge is -2.28. The van der Waals surface area contributed by atoms with Crippen molar-refractivity contribution in [2.24, 2.45) is 0 Å². The van der Waals surface area contributed by atoms with Gasteiger partial charge in [-0.1, -0.05) is 172 Å². The molecule has 4 nitrogen and oxygen atoms in total. The molecule has 0 fully saturated rings. The van der Waals surface area contributed by atoms with Crippen molar-refractivity contribution in [3.63, 3.8) is 0 Å². The van der Waals surface area contributed by atoms with Gasteiger partial charge in [-0.15, -0.1) is 0 Å². The van der Waals surface area contributed by atoms with Crippen molar-refractivity contribution >= 4 is 121 Å². The van der Waals surface area contributed by atoms with Crippen LogP contribution >= 0.6 is 0 Å². The van der Waals surface area contributed by atoms with Crippen LogP contribution in [0.3, 0.4) is 0 Å². The van der Waals surface area contributed by atoms with E-state index in [0.29, 0.717) is 0 Å². The topological polar surface area (TPSA) is 32.8 Å². The molecule has 15 rings (SSSR count). The van der Waals surface area contributed by atoms with Crippen LogP contribution in [0.1, 0.15) is 25.0 Å². The average Bonchev–Trinajstić information content (AvgIpc) is 4.07. The summed E-state index contributed by atoms with van der Waals surface area (Å²) in [5.74, 6) is 0. The molecule has 0 radical (unpaired) electrons. The summed E-state index contributed by atoms with van der Waals surface area (Å²) in [4.78, 5) is 4.73. The monoisotopic (exact) mass is 908 g/mol. The average molecular weight is 909 g/mol.